The van der Waals surface area contributed by atoms with Crippen LogP contribution in [0.4, 0.5) is 0 Å². The summed E-state index contributed by atoms with van der Waals surface area (Å²) in [7, 11) is 1.61. The molecule has 0 aliphatic rings. The number of ether oxygens (including phenoxy) is 1. The number of methoxy groups -OCH3 is 1. The maximum atomic E-state index is 12.3. The van der Waals surface area contributed by atoms with Gasteiger partial charge in [-0.25, -0.2) is 0 Å². The Kier molecular flexibility index (Phi) is 6.03. The molecular formula is C16H17BrClNO2. The van der Waals surface area contributed by atoms with Crippen molar-refractivity contribution < 1.29 is 9.53 Å². The standard InChI is InChI=1S/C16H17BrClNO2/c1-21-10-15(6-7-18)19-16(20)13-3-2-12-9-14(17)5-4-11(12)8-13/h2-5,8-9,15H,6-7,10H2,1H3,(H,19,20). The molecule has 0 spiro atoms. The Balaban J connectivity index is 2.16. The molecule has 0 fully saturated rings. The molecule has 1 N–H and O–H groups in total. The molecule has 1 atom stereocenters. The van der Waals surface area contributed by atoms with Crippen molar-refractivity contribution in [3.8, 4) is 0 Å². The number of alkyl halides is 1. The fourth-order valence-corrected chi connectivity index (χ4v) is 2.80. The third-order valence-electron chi connectivity index (χ3n) is 3.23. The lowest BCUT2D eigenvalue weighted by Crippen LogP contribution is -2.38. The van der Waals surface area contributed by atoms with Crippen molar-refractivity contribution in [3.63, 3.8) is 0 Å². The fourth-order valence-electron chi connectivity index (χ4n) is 2.16. The van der Waals surface area contributed by atoms with Crippen LogP contribution in [0.1, 0.15) is 16.8 Å². The Bertz CT molecular complexity index is 627. The molecule has 2 aromatic rings. The zero-order valence-corrected chi connectivity index (χ0v) is 14.1. The van der Waals surface area contributed by atoms with Crippen LogP contribution in [0.25, 0.3) is 10.8 Å². The van der Waals surface area contributed by atoms with Crippen LogP contribution in [-0.2, 0) is 4.74 Å². The summed E-state index contributed by atoms with van der Waals surface area (Å²) in [5, 5.41) is 5.08. The third kappa shape index (κ3) is 4.43. The van der Waals surface area contributed by atoms with E-state index in [1.165, 1.54) is 0 Å². The van der Waals surface area contributed by atoms with E-state index in [4.69, 9.17) is 16.3 Å². The van der Waals surface area contributed by atoms with E-state index >= 15 is 0 Å². The van der Waals surface area contributed by atoms with Crippen LogP contribution >= 0.6 is 27.5 Å². The van der Waals surface area contributed by atoms with Crippen molar-refractivity contribution in [2.24, 2.45) is 0 Å². The molecule has 2 aromatic carbocycles. The average Bonchev–Trinajstić information content (AvgIpc) is 2.47. The monoisotopic (exact) mass is 369 g/mol. The molecule has 1 amide bonds. The Labute approximate surface area is 137 Å². The molecule has 21 heavy (non-hydrogen) atoms. The van der Waals surface area contributed by atoms with Gasteiger partial charge in [0, 0.05) is 23.0 Å². The van der Waals surface area contributed by atoms with Gasteiger partial charge in [-0.2, -0.15) is 0 Å². The maximum Gasteiger partial charge on any atom is 0.251 e. The largest absolute Gasteiger partial charge is 0.383 e. The van der Waals surface area contributed by atoms with E-state index < -0.39 is 0 Å². The van der Waals surface area contributed by atoms with Gasteiger partial charge in [0.25, 0.3) is 5.91 Å². The summed E-state index contributed by atoms with van der Waals surface area (Å²) in [5.41, 5.74) is 0.639. The van der Waals surface area contributed by atoms with E-state index in [9.17, 15) is 4.79 Å². The van der Waals surface area contributed by atoms with Crippen molar-refractivity contribution in [1.82, 2.24) is 5.32 Å². The lowest BCUT2D eigenvalue weighted by molar-refractivity contribution is 0.0895. The van der Waals surface area contributed by atoms with E-state index in [1.807, 2.05) is 36.4 Å². The van der Waals surface area contributed by atoms with Crippen LogP contribution in [-0.4, -0.2) is 31.5 Å². The molecule has 0 saturated heterocycles. The average molecular weight is 371 g/mol. The second kappa shape index (κ2) is 7.78. The quantitative estimate of drug-likeness (QED) is 0.781. The molecule has 1 unspecified atom stereocenters. The number of carbonyl (C=O) groups excluding carboxylic acids is 1. The number of hydrogen-bond donors (Lipinski definition) is 1. The van der Waals surface area contributed by atoms with Crippen molar-refractivity contribution in [2.45, 2.75) is 12.5 Å². The van der Waals surface area contributed by atoms with Crippen LogP contribution < -0.4 is 5.32 Å². The summed E-state index contributed by atoms with van der Waals surface area (Å²) >= 11 is 9.18. The first-order valence-corrected chi connectivity index (χ1v) is 8.02. The summed E-state index contributed by atoms with van der Waals surface area (Å²) in [4.78, 5) is 12.3. The van der Waals surface area contributed by atoms with Gasteiger partial charge in [0.15, 0.2) is 0 Å². The fraction of sp³-hybridized carbons (Fsp3) is 0.312. The van der Waals surface area contributed by atoms with Crippen LogP contribution in [0.3, 0.4) is 0 Å². The maximum absolute atomic E-state index is 12.3. The summed E-state index contributed by atoms with van der Waals surface area (Å²) in [6.07, 6.45) is 0.682. The molecule has 3 nitrogen and oxygen atoms in total. The van der Waals surface area contributed by atoms with Crippen molar-refractivity contribution in [2.75, 3.05) is 19.6 Å². The predicted octanol–water partition coefficient (Wildman–Crippen LogP) is 3.98. The minimum atomic E-state index is -0.105. The molecule has 0 saturated carbocycles. The number of rotatable bonds is 6. The zero-order chi connectivity index (χ0) is 15.2. The Morgan fingerprint density at radius 3 is 2.71 bits per heavy atom. The molecule has 0 bridgehead atoms. The van der Waals surface area contributed by atoms with Gasteiger partial charge < -0.3 is 10.1 Å². The highest BCUT2D eigenvalue weighted by atomic mass is 79.9. The Hall–Kier alpha value is -1.10. The second-order valence-electron chi connectivity index (χ2n) is 4.81. The van der Waals surface area contributed by atoms with Gasteiger partial charge in [0.1, 0.15) is 0 Å². The van der Waals surface area contributed by atoms with E-state index in [-0.39, 0.29) is 11.9 Å². The number of hydrogen-bond acceptors (Lipinski definition) is 2. The van der Waals surface area contributed by atoms with E-state index in [0.717, 1.165) is 15.2 Å². The first kappa shape index (κ1) is 16.3. The molecule has 0 aliphatic heterocycles. The number of fused-ring (bicyclic) bond motifs is 1. The van der Waals surface area contributed by atoms with Crippen LogP contribution in [0.15, 0.2) is 40.9 Å². The van der Waals surface area contributed by atoms with Gasteiger partial charge in [0.2, 0.25) is 0 Å². The topological polar surface area (TPSA) is 38.3 Å². The smallest absolute Gasteiger partial charge is 0.251 e. The first-order chi connectivity index (χ1) is 10.1. The summed E-state index contributed by atoms with van der Waals surface area (Å²) in [6.45, 7) is 0.457. The summed E-state index contributed by atoms with van der Waals surface area (Å²) < 4.78 is 6.12. The minimum Gasteiger partial charge on any atom is -0.383 e. The lowest BCUT2D eigenvalue weighted by atomic mass is 10.1. The van der Waals surface area contributed by atoms with Crippen molar-refractivity contribution in [1.29, 1.82) is 0 Å². The van der Waals surface area contributed by atoms with Crippen molar-refractivity contribution >= 4 is 44.2 Å². The number of halogens is 2. The molecule has 0 radical (unpaired) electrons. The zero-order valence-electron chi connectivity index (χ0n) is 11.7. The van der Waals surface area contributed by atoms with Crippen LogP contribution in [0.5, 0.6) is 0 Å². The molecule has 0 heterocycles. The number of amides is 1. The number of carbonyl (C=O) groups is 1. The van der Waals surface area contributed by atoms with Gasteiger partial charge in [-0.15, -0.1) is 11.6 Å². The van der Waals surface area contributed by atoms with Gasteiger partial charge in [-0.1, -0.05) is 28.1 Å². The van der Waals surface area contributed by atoms with Crippen LogP contribution in [0.2, 0.25) is 0 Å². The van der Waals surface area contributed by atoms with Crippen molar-refractivity contribution in [3.05, 3.63) is 46.4 Å². The van der Waals surface area contributed by atoms with Crippen LogP contribution in [0, 0.1) is 0 Å². The SMILES string of the molecule is COCC(CCCl)NC(=O)c1ccc2cc(Br)ccc2c1. The number of nitrogens with one attached hydrogen (secondary N) is 1. The predicted molar refractivity (Wildman–Crippen MR) is 90.1 cm³/mol. The van der Waals surface area contributed by atoms with Gasteiger partial charge in [-0.05, 0) is 41.5 Å². The third-order valence-corrected chi connectivity index (χ3v) is 3.94. The molecule has 112 valence electrons. The molecule has 2 rings (SSSR count). The minimum absolute atomic E-state index is 0.0689. The highest BCUT2D eigenvalue weighted by Crippen LogP contribution is 2.21. The van der Waals surface area contributed by atoms with E-state index in [1.54, 1.807) is 7.11 Å². The van der Waals surface area contributed by atoms with E-state index in [2.05, 4.69) is 21.2 Å². The Morgan fingerprint density at radius 2 is 2.00 bits per heavy atom. The highest BCUT2D eigenvalue weighted by molar-refractivity contribution is 9.10. The summed E-state index contributed by atoms with van der Waals surface area (Å²) in [6, 6.07) is 11.6. The van der Waals surface area contributed by atoms with E-state index in [0.29, 0.717) is 24.5 Å². The molecule has 0 aromatic heterocycles. The molecule has 5 heteroatoms. The normalized spacial score (nSPS) is 12.3. The number of benzene rings is 2. The molecule has 0 aliphatic carbocycles. The molecular weight excluding hydrogens is 354 g/mol. The van der Waals surface area contributed by atoms with Gasteiger partial charge >= 0.3 is 0 Å². The Morgan fingerprint density at radius 1 is 1.29 bits per heavy atom. The first-order valence-electron chi connectivity index (χ1n) is 6.69. The van der Waals surface area contributed by atoms with Gasteiger partial charge in [0.05, 0.1) is 12.6 Å². The summed E-state index contributed by atoms with van der Waals surface area (Å²) in [5.74, 6) is 0.382. The van der Waals surface area contributed by atoms with Gasteiger partial charge in [-0.3, -0.25) is 4.79 Å². The highest BCUT2D eigenvalue weighted by Gasteiger charge is 2.13. The second-order valence-corrected chi connectivity index (χ2v) is 6.10. The lowest BCUT2D eigenvalue weighted by Gasteiger charge is -2.17.